The van der Waals surface area contributed by atoms with Crippen LogP contribution in [0.5, 0.6) is 5.75 Å². The number of nitrogens with zero attached hydrogens (tertiary/aromatic N) is 1. The topological polar surface area (TPSA) is 105 Å². The molecule has 168 valence electrons. The summed E-state index contributed by atoms with van der Waals surface area (Å²) in [6.45, 7) is -0.342. The smallest absolute Gasteiger partial charge is 0.338 e. The predicted molar refractivity (Wildman–Crippen MR) is 114 cm³/mol. The molecule has 1 aliphatic heterocycles. The van der Waals surface area contributed by atoms with Crippen molar-refractivity contribution < 1.29 is 31.5 Å². The van der Waals surface area contributed by atoms with Crippen molar-refractivity contribution in [3.63, 3.8) is 0 Å². The maximum atomic E-state index is 14.8. The number of esters is 1. The molecule has 7 nitrogen and oxygen atoms in total. The van der Waals surface area contributed by atoms with Crippen LogP contribution in [-0.2, 0) is 21.4 Å². The third-order valence-corrected chi connectivity index (χ3v) is 6.58. The molecule has 3 aromatic carbocycles. The molecule has 0 fully saturated rings. The summed E-state index contributed by atoms with van der Waals surface area (Å²) >= 11 is 6.12. The van der Waals surface area contributed by atoms with Crippen molar-refractivity contribution >= 4 is 33.3 Å². The number of anilines is 1. The van der Waals surface area contributed by atoms with Crippen LogP contribution in [0.1, 0.15) is 21.5 Å². The van der Waals surface area contributed by atoms with Crippen molar-refractivity contribution in [3.8, 4) is 22.9 Å². The summed E-state index contributed by atoms with van der Waals surface area (Å²) in [6.07, 6.45) is 0. The minimum absolute atomic E-state index is 0.126. The van der Waals surface area contributed by atoms with Gasteiger partial charge in [-0.05, 0) is 41.5 Å². The fourth-order valence-electron chi connectivity index (χ4n) is 3.37. The van der Waals surface area contributed by atoms with Gasteiger partial charge < -0.3 is 9.47 Å². The van der Waals surface area contributed by atoms with Crippen LogP contribution in [0.2, 0.25) is 5.02 Å². The summed E-state index contributed by atoms with van der Waals surface area (Å²) in [5.41, 5.74) is -0.363. The molecule has 0 atom stereocenters. The summed E-state index contributed by atoms with van der Waals surface area (Å²) in [5.74, 6) is -3.38. The maximum Gasteiger partial charge on any atom is 0.338 e. The number of cyclic esters (lactones) is 1. The SMILES string of the molecule is COc1c(Cl)cc2cc1S(=O)(=O)Nc1cc(c(F)cc1F)-c1cc(C#N)ccc1COC2=O. The minimum Gasteiger partial charge on any atom is -0.494 e. The van der Waals surface area contributed by atoms with E-state index < -0.39 is 38.2 Å². The van der Waals surface area contributed by atoms with E-state index in [0.717, 1.165) is 12.1 Å². The molecule has 0 aliphatic carbocycles. The van der Waals surface area contributed by atoms with Crippen molar-refractivity contribution in [2.24, 2.45) is 0 Å². The van der Waals surface area contributed by atoms with Crippen LogP contribution in [0.4, 0.5) is 14.5 Å². The van der Waals surface area contributed by atoms with Crippen LogP contribution in [-0.4, -0.2) is 21.5 Å². The van der Waals surface area contributed by atoms with Crippen LogP contribution < -0.4 is 9.46 Å². The highest BCUT2D eigenvalue weighted by Gasteiger charge is 2.28. The van der Waals surface area contributed by atoms with Crippen LogP contribution in [0.25, 0.3) is 11.1 Å². The van der Waals surface area contributed by atoms with E-state index in [1.165, 1.54) is 31.4 Å². The van der Waals surface area contributed by atoms with Gasteiger partial charge in [-0.1, -0.05) is 17.7 Å². The van der Waals surface area contributed by atoms with E-state index in [1.807, 2.05) is 6.07 Å². The van der Waals surface area contributed by atoms with Gasteiger partial charge in [-0.15, -0.1) is 0 Å². The van der Waals surface area contributed by atoms with E-state index in [1.54, 1.807) is 0 Å². The number of halogens is 3. The zero-order chi connectivity index (χ0) is 23.9. The highest BCUT2D eigenvalue weighted by molar-refractivity contribution is 7.92. The van der Waals surface area contributed by atoms with Crippen molar-refractivity contribution in [1.29, 1.82) is 5.26 Å². The lowest BCUT2D eigenvalue weighted by molar-refractivity contribution is 0.0473. The molecule has 0 unspecified atom stereocenters. The quantitative estimate of drug-likeness (QED) is 0.498. The third kappa shape index (κ3) is 4.08. The molecule has 0 amide bonds. The molecule has 0 saturated carbocycles. The van der Waals surface area contributed by atoms with E-state index in [9.17, 15) is 27.3 Å². The van der Waals surface area contributed by atoms with E-state index in [4.69, 9.17) is 21.1 Å². The number of ether oxygens (including phenoxy) is 2. The fourth-order valence-corrected chi connectivity index (χ4v) is 4.99. The summed E-state index contributed by atoms with van der Waals surface area (Å²) in [6, 6.07) is 9.77. The van der Waals surface area contributed by atoms with Gasteiger partial charge in [0.1, 0.15) is 23.1 Å². The van der Waals surface area contributed by atoms with Crippen molar-refractivity contribution in [1.82, 2.24) is 0 Å². The second-order valence-corrected chi connectivity index (χ2v) is 9.02. The van der Waals surface area contributed by atoms with Gasteiger partial charge in [0.05, 0.1) is 35.0 Å². The Morgan fingerprint density at radius 3 is 2.58 bits per heavy atom. The van der Waals surface area contributed by atoms with Gasteiger partial charge in [-0.3, -0.25) is 4.72 Å². The lowest BCUT2D eigenvalue weighted by Gasteiger charge is -2.15. The fraction of sp³-hybridized carbons (Fsp3) is 0.0909. The van der Waals surface area contributed by atoms with Gasteiger partial charge in [-0.2, -0.15) is 5.26 Å². The van der Waals surface area contributed by atoms with E-state index in [2.05, 4.69) is 4.72 Å². The molecule has 1 heterocycles. The first-order chi connectivity index (χ1) is 15.6. The van der Waals surface area contributed by atoms with E-state index >= 15 is 0 Å². The second kappa shape index (κ2) is 8.35. The zero-order valence-corrected chi connectivity index (χ0v) is 18.4. The maximum absolute atomic E-state index is 14.8. The van der Waals surface area contributed by atoms with Crippen molar-refractivity contribution in [2.75, 3.05) is 11.8 Å². The number of carbonyl (C=O) groups is 1. The Bertz CT molecular complexity index is 1470. The Morgan fingerprint density at radius 1 is 1.12 bits per heavy atom. The summed E-state index contributed by atoms with van der Waals surface area (Å²) in [4.78, 5) is 12.1. The van der Waals surface area contributed by atoms with Crippen LogP contribution in [0, 0.1) is 23.0 Å². The highest BCUT2D eigenvalue weighted by Crippen LogP contribution is 2.37. The number of carbonyl (C=O) groups excluding carboxylic acids is 1. The van der Waals surface area contributed by atoms with Crippen LogP contribution in [0.3, 0.4) is 0 Å². The molecule has 4 rings (SSSR count). The van der Waals surface area contributed by atoms with E-state index in [-0.39, 0.29) is 39.6 Å². The number of rotatable bonds is 1. The average molecular weight is 491 g/mol. The van der Waals surface area contributed by atoms with Gasteiger partial charge >= 0.3 is 5.97 Å². The Kier molecular flexibility index (Phi) is 5.69. The van der Waals surface area contributed by atoms with Gasteiger partial charge in [0.25, 0.3) is 10.0 Å². The molecular formula is C22H13ClF2N2O5S. The number of methoxy groups -OCH3 is 1. The van der Waals surface area contributed by atoms with Gasteiger partial charge in [-0.25, -0.2) is 22.0 Å². The summed E-state index contributed by atoms with van der Waals surface area (Å²) in [7, 11) is -3.38. The number of hydrogen-bond donors (Lipinski definition) is 1. The minimum atomic E-state index is -4.55. The number of nitriles is 1. The first-order valence-corrected chi connectivity index (χ1v) is 11.1. The van der Waals surface area contributed by atoms with E-state index in [0.29, 0.717) is 11.6 Å². The van der Waals surface area contributed by atoms with Gasteiger partial charge in [0.2, 0.25) is 0 Å². The van der Waals surface area contributed by atoms with Crippen molar-refractivity contribution in [2.45, 2.75) is 11.5 Å². The monoisotopic (exact) mass is 490 g/mol. The molecule has 1 N–H and O–H groups in total. The largest absolute Gasteiger partial charge is 0.494 e. The lowest BCUT2D eigenvalue weighted by Crippen LogP contribution is -2.16. The molecule has 0 spiro atoms. The highest BCUT2D eigenvalue weighted by atomic mass is 35.5. The standard InChI is InChI=1S/C22H13ClF2N2O5S/c1-31-21-16(23)5-13-6-20(21)33(29,30)27-19-7-15(17(24)8-18(19)25)14-4-11(9-26)2-3-12(14)10-32-22(13)28/h2-8,27H,10H2,1H3. The normalized spacial score (nSPS) is 14.3. The first kappa shape index (κ1) is 22.5. The molecule has 0 radical (unpaired) electrons. The summed E-state index contributed by atoms with van der Waals surface area (Å²) < 4.78 is 67.9. The third-order valence-electron chi connectivity index (χ3n) is 4.93. The zero-order valence-electron chi connectivity index (χ0n) is 16.8. The Labute approximate surface area is 192 Å². The number of fused-ring (bicyclic) bond motifs is 6. The van der Waals surface area contributed by atoms with Gasteiger partial charge in [0.15, 0.2) is 5.75 Å². The Morgan fingerprint density at radius 2 is 1.88 bits per heavy atom. The van der Waals surface area contributed by atoms with Crippen LogP contribution >= 0.6 is 11.6 Å². The first-order valence-electron chi connectivity index (χ1n) is 9.24. The molecule has 4 bridgehead atoms. The Balaban J connectivity index is 2.03. The van der Waals surface area contributed by atoms with Gasteiger partial charge in [0, 0.05) is 11.6 Å². The molecule has 11 heteroatoms. The number of sulfonamides is 1. The lowest BCUT2D eigenvalue weighted by atomic mass is 9.97. The summed E-state index contributed by atoms with van der Waals surface area (Å²) in [5, 5.41) is 9.04. The molecule has 33 heavy (non-hydrogen) atoms. The molecular weight excluding hydrogens is 478 g/mol. The number of hydrogen-bond acceptors (Lipinski definition) is 6. The second-order valence-electron chi connectivity index (χ2n) is 6.97. The Hall–Kier alpha value is -3.68. The predicted octanol–water partition coefficient (Wildman–Crippen LogP) is 4.64. The molecule has 0 saturated heterocycles. The van der Waals surface area contributed by atoms with Crippen LogP contribution in [0.15, 0.2) is 47.4 Å². The molecule has 1 aliphatic rings. The number of nitrogens with one attached hydrogen (secondary N) is 1. The molecule has 3 aromatic rings. The number of benzene rings is 3. The average Bonchev–Trinajstić information content (AvgIpc) is 2.78. The van der Waals surface area contributed by atoms with Crippen molar-refractivity contribution in [3.05, 3.63) is 75.8 Å². The molecule has 0 aromatic heterocycles.